The third-order valence-corrected chi connectivity index (χ3v) is 1.93. The maximum absolute atomic E-state index is 9.26. The molecule has 0 spiro atoms. The van der Waals surface area contributed by atoms with Crippen molar-refractivity contribution in [3.8, 4) is 0 Å². The molecule has 1 aliphatic rings. The molecule has 2 heteroatoms. The van der Waals surface area contributed by atoms with Gasteiger partial charge in [-0.15, -0.1) is 0 Å². The Bertz CT molecular complexity index is 191. The summed E-state index contributed by atoms with van der Waals surface area (Å²) in [5.41, 5.74) is 1.90. The molecule has 0 aromatic heterocycles. The number of allylic oxidation sites excluding steroid dienone is 2. The molecule has 0 amide bonds. The van der Waals surface area contributed by atoms with E-state index in [1.165, 1.54) is 0 Å². The summed E-state index contributed by atoms with van der Waals surface area (Å²) in [6, 6.07) is 0. The summed E-state index contributed by atoms with van der Waals surface area (Å²) in [6.45, 7) is 3.74. The van der Waals surface area contributed by atoms with E-state index in [4.69, 9.17) is 5.11 Å². The summed E-state index contributed by atoms with van der Waals surface area (Å²) < 4.78 is 0. The molecular weight excluding hydrogens is 128 g/mol. The highest BCUT2D eigenvalue weighted by Crippen LogP contribution is 2.18. The lowest BCUT2D eigenvalue weighted by atomic mass is 9.95. The number of rotatable bonds is 0. The van der Waals surface area contributed by atoms with Crippen molar-refractivity contribution < 1.29 is 10.2 Å². The summed E-state index contributed by atoms with van der Waals surface area (Å²) in [4.78, 5) is 0. The minimum absolute atomic E-state index is 0.704. The molecule has 0 bridgehead atoms. The van der Waals surface area contributed by atoms with Crippen molar-refractivity contribution in [3.05, 3.63) is 23.3 Å². The average Bonchev–Trinajstić information content (AvgIpc) is 1.93. The Morgan fingerprint density at radius 1 is 1.30 bits per heavy atom. The second kappa shape index (κ2) is 2.56. The van der Waals surface area contributed by atoms with Gasteiger partial charge in [0, 0.05) is 0 Å². The minimum atomic E-state index is -0.719. The zero-order valence-corrected chi connectivity index (χ0v) is 6.20. The molecule has 0 radical (unpaired) electrons. The van der Waals surface area contributed by atoms with E-state index in [-0.39, 0.29) is 0 Å². The van der Waals surface area contributed by atoms with Gasteiger partial charge in [0.05, 0.1) is 0 Å². The van der Waals surface area contributed by atoms with Gasteiger partial charge in [0.1, 0.15) is 12.2 Å². The third-order valence-electron chi connectivity index (χ3n) is 1.93. The van der Waals surface area contributed by atoms with Gasteiger partial charge in [-0.05, 0) is 25.0 Å². The first-order chi connectivity index (χ1) is 4.63. The lowest BCUT2D eigenvalue weighted by Crippen LogP contribution is -2.27. The average molecular weight is 140 g/mol. The number of aliphatic hydroxyl groups is 2. The topological polar surface area (TPSA) is 40.5 Å². The van der Waals surface area contributed by atoms with Crippen LogP contribution in [0.3, 0.4) is 0 Å². The molecule has 0 aromatic carbocycles. The lowest BCUT2D eigenvalue weighted by Gasteiger charge is -2.20. The molecule has 10 heavy (non-hydrogen) atoms. The van der Waals surface area contributed by atoms with E-state index in [0.29, 0.717) is 0 Å². The Balaban J connectivity index is 2.88. The van der Waals surface area contributed by atoms with E-state index < -0.39 is 12.2 Å². The molecule has 0 aromatic rings. The first-order valence-corrected chi connectivity index (χ1v) is 3.34. The van der Waals surface area contributed by atoms with Gasteiger partial charge in [0.2, 0.25) is 0 Å². The van der Waals surface area contributed by atoms with Crippen LogP contribution in [0.2, 0.25) is 0 Å². The molecule has 2 N–H and O–H groups in total. The van der Waals surface area contributed by atoms with E-state index in [1.54, 1.807) is 6.08 Å². The van der Waals surface area contributed by atoms with Crippen molar-refractivity contribution in [2.24, 2.45) is 0 Å². The van der Waals surface area contributed by atoms with Crippen LogP contribution in [0.5, 0.6) is 0 Å². The van der Waals surface area contributed by atoms with E-state index in [1.807, 2.05) is 19.9 Å². The van der Waals surface area contributed by atoms with Gasteiger partial charge >= 0.3 is 0 Å². The highest BCUT2D eigenvalue weighted by atomic mass is 16.3. The molecule has 0 saturated heterocycles. The van der Waals surface area contributed by atoms with Crippen molar-refractivity contribution in [2.45, 2.75) is 26.1 Å². The summed E-state index contributed by atoms with van der Waals surface area (Å²) in [6.07, 6.45) is 2.01. The molecule has 1 rings (SSSR count). The summed E-state index contributed by atoms with van der Waals surface area (Å²) in [5, 5.41) is 18.4. The summed E-state index contributed by atoms with van der Waals surface area (Å²) >= 11 is 0. The van der Waals surface area contributed by atoms with Crippen LogP contribution in [-0.4, -0.2) is 22.4 Å². The molecule has 2 nitrogen and oxygen atoms in total. The predicted octanol–water partition coefficient (Wildman–Crippen LogP) is 0.614. The third kappa shape index (κ3) is 1.13. The van der Waals surface area contributed by atoms with Crippen molar-refractivity contribution in [2.75, 3.05) is 0 Å². The van der Waals surface area contributed by atoms with Gasteiger partial charge in [0.25, 0.3) is 0 Å². The van der Waals surface area contributed by atoms with Gasteiger partial charge in [-0.1, -0.05) is 12.2 Å². The Morgan fingerprint density at radius 2 is 1.90 bits per heavy atom. The molecule has 0 aliphatic heterocycles. The molecule has 1 aliphatic carbocycles. The van der Waals surface area contributed by atoms with Crippen molar-refractivity contribution >= 4 is 0 Å². The monoisotopic (exact) mass is 140 g/mol. The zero-order valence-electron chi connectivity index (χ0n) is 6.20. The van der Waals surface area contributed by atoms with Crippen LogP contribution in [0, 0.1) is 0 Å². The fourth-order valence-corrected chi connectivity index (χ4v) is 0.969. The molecule has 0 saturated carbocycles. The van der Waals surface area contributed by atoms with Crippen LogP contribution in [0.25, 0.3) is 0 Å². The SMILES string of the molecule is CC1=C(C)[C@H](O)[C@H](O)C=C1. The molecule has 0 heterocycles. The van der Waals surface area contributed by atoms with Crippen LogP contribution in [-0.2, 0) is 0 Å². The Morgan fingerprint density at radius 3 is 2.40 bits per heavy atom. The Labute approximate surface area is 60.5 Å². The summed E-state index contributed by atoms with van der Waals surface area (Å²) in [7, 11) is 0. The quantitative estimate of drug-likeness (QED) is 0.517. The van der Waals surface area contributed by atoms with Crippen LogP contribution in [0.1, 0.15) is 13.8 Å². The highest BCUT2D eigenvalue weighted by molar-refractivity contribution is 5.31. The number of hydrogen-bond acceptors (Lipinski definition) is 2. The molecule has 56 valence electrons. The van der Waals surface area contributed by atoms with Gasteiger partial charge in [-0.25, -0.2) is 0 Å². The fraction of sp³-hybridized carbons (Fsp3) is 0.500. The van der Waals surface area contributed by atoms with Crippen molar-refractivity contribution in [1.29, 1.82) is 0 Å². The molecule has 2 atom stereocenters. The molecule has 0 unspecified atom stereocenters. The summed E-state index contributed by atoms with van der Waals surface area (Å²) in [5.74, 6) is 0. The lowest BCUT2D eigenvalue weighted by molar-refractivity contribution is 0.0707. The fourth-order valence-electron chi connectivity index (χ4n) is 0.969. The largest absolute Gasteiger partial charge is 0.386 e. The van der Waals surface area contributed by atoms with Crippen molar-refractivity contribution in [3.63, 3.8) is 0 Å². The highest BCUT2D eigenvalue weighted by Gasteiger charge is 2.19. The minimum Gasteiger partial charge on any atom is -0.386 e. The van der Waals surface area contributed by atoms with Crippen LogP contribution in [0.15, 0.2) is 23.3 Å². The van der Waals surface area contributed by atoms with Crippen LogP contribution < -0.4 is 0 Å². The van der Waals surface area contributed by atoms with Gasteiger partial charge in [-0.2, -0.15) is 0 Å². The number of aliphatic hydroxyl groups excluding tert-OH is 2. The maximum Gasteiger partial charge on any atom is 0.105 e. The van der Waals surface area contributed by atoms with E-state index in [0.717, 1.165) is 11.1 Å². The zero-order chi connectivity index (χ0) is 7.72. The Kier molecular flexibility index (Phi) is 1.92. The molecular formula is C8H12O2. The Hall–Kier alpha value is -0.600. The standard InChI is InChI=1S/C8H12O2/c1-5-3-4-7(9)8(10)6(5)2/h3-4,7-10H,1-2H3/t7-,8+/m1/s1. The van der Waals surface area contributed by atoms with Gasteiger partial charge < -0.3 is 10.2 Å². The smallest absolute Gasteiger partial charge is 0.105 e. The van der Waals surface area contributed by atoms with Gasteiger partial charge in [-0.3, -0.25) is 0 Å². The first-order valence-electron chi connectivity index (χ1n) is 3.34. The van der Waals surface area contributed by atoms with E-state index in [9.17, 15) is 5.11 Å². The second-order valence-electron chi connectivity index (χ2n) is 2.66. The van der Waals surface area contributed by atoms with Gasteiger partial charge in [0.15, 0.2) is 0 Å². The maximum atomic E-state index is 9.26. The van der Waals surface area contributed by atoms with E-state index >= 15 is 0 Å². The predicted molar refractivity (Wildman–Crippen MR) is 39.5 cm³/mol. The number of hydrogen-bond donors (Lipinski definition) is 2. The normalized spacial score (nSPS) is 33.2. The van der Waals surface area contributed by atoms with Crippen molar-refractivity contribution in [1.82, 2.24) is 0 Å². The van der Waals surface area contributed by atoms with Crippen LogP contribution in [0.4, 0.5) is 0 Å². The second-order valence-corrected chi connectivity index (χ2v) is 2.66. The molecule has 0 fully saturated rings. The van der Waals surface area contributed by atoms with Crippen LogP contribution >= 0.6 is 0 Å². The van der Waals surface area contributed by atoms with E-state index in [2.05, 4.69) is 0 Å². The first kappa shape index (κ1) is 7.51.